The average molecular weight is 256 g/mol. The summed E-state index contributed by atoms with van der Waals surface area (Å²) in [6.45, 7) is 0.0569. The molecule has 3 N–H and O–H groups in total. The molecular weight excluding hydrogens is 242 g/mol. The molecule has 0 radical (unpaired) electrons. The van der Waals surface area contributed by atoms with Gasteiger partial charge in [0.15, 0.2) is 0 Å². The Morgan fingerprint density at radius 1 is 1.43 bits per heavy atom. The molecule has 0 aromatic heterocycles. The third kappa shape index (κ3) is 1.49. The van der Waals surface area contributed by atoms with Crippen molar-refractivity contribution in [2.75, 3.05) is 6.61 Å². The van der Waals surface area contributed by atoms with Crippen LogP contribution in [-0.4, -0.2) is 17.8 Å². The van der Waals surface area contributed by atoms with Crippen molar-refractivity contribution in [2.24, 2.45) is 5.73 Å². The first-order valence-corrected chi connectivity index (χ1v) is 5.61. The summed E-state index contributed by atoms with van der Waals surface area (Å²) in [5.74, 6) is 0. The zero-order valence-corrected chi connectivity index (χ0v) is 9.50. The molecule has 14 heavy (non-hydrogen) atoms. The maximum atomic E-state index is 9.12. The van der Waals surface area contributed by atoms with E-state index < -0.39 is 0 Å². The van der Waals surface area contributed by atoms with Crippen LogP contribution in [0.5, 0.6) is 0 Å². The van der Waals surface area contributed by atoms with E-state index in [2.05, 4.69) is 22.0 Å². The van der Waals surface area contributed by atoms with Gasteiger partial charge < -0.3 is 10.8 Å². The lowest BCUT2D eigenvalue weighted by Gasteiger charge is -2.23. The highest BCUT2D eigenvalue weighted by molar-refractivity contribution is 9.10. The molecule has 3 heteroatoms. The molecule has 0 spiro atoms. The summed E-state index contributed by atoms with van der Waals surface area (Å²) < 4.78 is 1.10. The zero-order valence-electron chi connectivity index (χ0n) is 7.91. The molecule has 0 bridgehead atoms. The Kier molecular flexibility index (Phi) is 2.64. The Bertz CT molecular complexity index is 336. The summed E-state index contributed by atoms with van der Waals surface area (Å²) in [6, 6.07) is 7.99. The largest absolute Gasteiger partial charge is 0.395 e. The van der Waals surface area contributed by atoms with Crippen molar-refractivity contribution in [2.45, 2.75) is 24.3 Å². The van der Waals surface area contributed by atoms with E-state index in [0.717, 1.165) is 17.3 Å². The predicted molar refractivity (Wildman–Crippen MR) is 60.1 cm³/mol. The van der Waals surface area contributed by atoms with Crippen LogP contribution < -0.4 is 5.73 Å². The lowest BCUT2D eigenvalue weighted by atomic mass is 9.89. The van der Waals surface area contributed by atoms with Gasteiger partial charge in [0.2, 0.25) is 0 Å². The van der Waals surface area contributed by atoms with Crippen molar-refractivity contribution in [3.8, 4) is 0 Å². The molecule has 0 heterocycles. The second-order valence-corrected chi connectivity index (χ2v) is 4.78. The van der Waals surface area contributed by atoms with Gasteiger partial charge in [0.05, 0.1) is 6.61 Å². The molecule has 1 atom stereocenters. The van der Waals surface area contributed by atoms with Crippen LogP contribution in [0.25, 0.3) is 0 Å². The number of nitrogens with two attached hydrogens (primary N) is 1. The Morgan fingerprint density at radius 3 is 2.57 bits per heavy atom. The second kappa shape index (κ2) is 3.65. The molecule has 2 nitrogen and oxygen atoms in total. The highest BCUT2D eigenvalue weighted by Gasteiger charge is 2.49. The van der Waals surface area contributed by atoms with E-state index in [1.165, 1.54) is 5.56 Å². The summed E-state index contributed by atoms with van der Waals surface area (Å²) in [4.78, 5) is 0. The van der Waals surface area contributed by atoms with E-state index in [1.807, 2.05) is 18.2 Å². The Labute approximate surface area is 92.3 Å². The van der Waals surface area contributed by atoms with Crippen LogP contribution in [0.3, 0.4) is 0 Å². The molecule has 1 unspecified atom stereocenters. The molecule has 1 aromatic carbocycles. The van der Waals surface area contributed by atoms with Crippen LogP contribution in [0.1, 0.15) is 18.4 Å². The van der Waals surface area contributed by atoms with Gasteiger partial charge >= 0.3 is 0 Å². The van der Waals surface area contributed by atoms with Gasteiger partial charge in [0.25, 0.3) is 0 Å². The monoisotopic (exact) mass is 255 g/mol. The first kappa shape index (κ1) is 10.1. The molecule has 1 aromatic rings. The SMILES string of the molecule is NC(CO)C1(c2ccccc2Br)CC1. The van der Waals surface area contributed by atoms with Crippen LogP contribution >= 0.6 is 15.9 Å². The molecule has 0 amide bonds. The fourth-order valence-corrected chi connectivity index (χ4v) is 2.69. The minimum atomic E-state index is -0.138. The minimum Gasteiger partial charge on any atom is -0.395 e. The standard InChI is InChI=1S/C11H14BrNO/c12-9-4-2-1-3-8(9)11(5-6-11)10(13)7-14/h1-4,10,14H,5-7,13H2. The van der Waals surface area contributed by atoms with Crippen LogP contribution in [0.15, 0.2) is 28.7 Å². The fraction of sp³-hybridized carbons (Fsp3) is 0.455. The average Bonchev–Trinajstić information content (AvgIpc) is 2.98. The third-order valence-corrected chi connectivity index (χ3v) is 3.80. The normalized spacial score (nSPS) is 20.5. The summed E-state index contributed by atoms with van der Waals surface area (Å²) in [6.07, 6.45) is 2.16. The molecule has 2 rings (SSSR count). The van der Waals surface area contributed by atoms with Crippen molar-refractivity contribution >= 4 is 15.9 Å². The molecule has 0 aliphatic heterocycles. The van der Waals surface area contributed by atoms with Crippen LogP contribution in [0.2, 0.25) is 0 Å². The Morgan fingerprint density at radius 2 is 2.07 bits per heavy atom. The van der Waals surface area contributed by atoms with Crippen LogP contribution in [-0.2, 0) is 5.41 Å². The van der Waals surface area contributed by atoms with E-state index in [0.29, 0.717) is 0 Å². The number of rotatable bonds is 3. The predicted octanol–water partition coefficient (Wildman–Crippen LogP) is 1.80. The van der Waals surface area contributed by atoms with Gasteiger partial charge in [-0.05, 0) is 24.5 Å². The maximum Gasteiger partial charge on any atom is 0.0591 e. The van der Waals surface area contributed by atoms with Crippen molar-refractivity contribution in [1.82, 2.24) is 0 Å². The lowest BCUT2D eigenvalue weighted by molar-refractivity contribution is 0.242. The van der Waals surface area contributed by atoms with Crippen LogP contribution in [0.4, 0.5) is 0 Å². The Hall–Kier alpha value is -0.380. The van der Waals surface area contributed by atoms with Gasteiger partial charge in [-0.3, -0.25) is 0 Å². The lowest BCUT2D eigenvalue weighted by Crippen LogP contribution is -2.38. The van der Waals surface area contributed by atoms with Crippen LogP contribution in [0, 0.1) is 0 Å². The van der Waals surface area contributed by atoms with Gasteiger partial charge in [-0.25, -0.2) is 0 Å². The van der Waals surface area contributed by atoms with Crippen molar-refractivity contribution in [3.63, 3.8) is 0 Å². The summed E-state index contributed by atoms with van der Waals surface area (Å²) in [7, 11) is 0. The van der Waals surface area contributed by atoms with Crippen molar-refractivity contribution in [1.29, 1.82) is 0 Å². The first-order chi connectivity index (χ1) is 6.70. The second-order valence-electron chi connectivity index (χ2n) is 3.93. The van der Waals surface area contributed by atoms with E-state index in [-0.39, 0.29) is 18.1 Å². The topological polar surface area (TPSA) is 46.2 Å². The van der Waals surface area contributed by atoms with E-state index in [1.54, 1.807) is 0 Å². The molecule has 1 fully saturated rings. The van der Waals surface area contributed by atoms with Gasteiger partial charge in [0, 0.05) is 15.9 Å². The number of aliphatic hydroxyl groups excluding tert-OH is 1. The van der Waals surface area contributed by atoms with E-state index in [9.17, 15) is 0 Å². The molecule has 76 valence electrons. The van der Waals surface area contributed by atoms with E-state index >= 15 is 0 Å². The molecular formula is C11H14BrNO. The summed E-state index contributed by atoms with van der Waals surface area (Å²) >= 11 is 3.53. The van der Waals surface area contributed by atoms with Gasteiger partial charge in [0.1, 0.15) is 0 Å². The number of hydrogen-bond acceptors (Lipinski definition) is 2. The minimum absolute atomic E-state index is 0.0227. The maximum absolute atomic E-state index is 9.12. The van der Waals surface area contributed by atoms with Gasteiger partial charge in [-0.15, -0.1) is 0 Å². The van der Waals surface area contributed by atoms with Crippen molar-refractivity contribution in [3.05, 3.63) is 34.3 Å². The quantitative estimate of drug-likeness (QED) is 0.866. The third-order valence-electron chi connectivity index (χ3n) is 3.11. The fourth-order valence-electron chi connectivity index (χ4n) is 2.01. The molecule has 1 aliphatic rings. The number of benzene rings is 1. The molecule has 1 saturated carbocycles. The summed E-state index contributed by atoms with van der Waals surface area (Å²) in [5.41, 5.74) is 7.20. The van der Waals surface area contributed by atoms with Gasteiger partial charge in [-0.1, -0.05) is 34.1 Å². The van der Waals surface area contributed by atoms with Crippen molar-refractivity contribution < 1.29 is 5.11 Å². The Balaban J connectivity index is 2.35. The van der Waals surface area contributed by atoms with E-state index in [4.69, 9.17) is 10.8 Å². The number of hydrogen-bond donors (Lipinski definition) is 2. The molecule has 1 aliphatic carbocycles. The van der Waals surface area contributed by atoms with Gasteiger partial charge in [-0.2, -0.15) is 0 Å². The zero-order chi connectivity index (χ0) is 10.2. The highest BCUT2D eigenvalue weighted by atomic mass is 79.9. The number of aliphatic hydroxyl groups is 1. The molecule has 0 saturated heterocycles. The summed E-state index contributed by atoms with van der Waals surface area (Å²) in [5, 5.41) is 9.12. The highest BCUT2D eigenvalue weighted by Crippen LogP contribution is 2.52. The first-order valence-electron chi connectivity index (χ1n) is 4.82. The number of halogens is 1. The smallest absolute Gasteiger partial charge is 0.0591 e.